The van der Waals surface area contributed by atoms with E-state index in [2.05, 4.69) is 0 Å². The van der Waals surface area contributed by atoms with E-state index >= 15 is 0 Å². The molecule has 1 aromatic rings. The Morgan fingerprint density at radius 1 is 0.833 bits per heavy atom. The molecule has 2 aliphatic heterocycles. The van der Waals surface area contributed by atoms with Crippen LogP contribution >= 0.6 is 0 Å². The number of hydrogen-bond donors (Lipinski definition) is 0. The van der Waals surface area contributed by atoms with Crippen molar-refractivity contribution in [2.75, 3.05) is 32.8 Å². The zero-order chi connectivity index (χ0) is 16.8. The molecule has 0 radical (unpaired) electrons. The highest BCUT2D eigenvalue weighted by atomic mass is 16.5. The van der Waals surface area contributed by atoms with E-state index in [1.807, 2.05) is 21.9 Å². The molecular weight excluding hydrogens is 304 g/mol. The quantitative estimate of drug-likeness (QED) is 0.853. The molecule has 2 saturated heterocycles. The minimum atomic E-state index is 0.00426. The van der Waals surface area contributed by atoms with Crippen LogP contribution in [-0.4, -0.2) is 54.4 Å². The molecule has 0 saturated carbocycles. The summed E-state index contributed by atoms with van der Waals surface area (Å²) in [5, 5.41) is 0. The monoisotopic (exact) mass is 330 g/mol. The highest BCUT2D eigenvalue weighted by Crippen LogP contribution is 2.22. The Balaban J connectivity index is 1.62. The Labute approximate surface area is 143 Å². The van der Waals surface area contributed by atoms with Gasteiger partial charge in [-0.3, -0.25) is 9.59 Å². The molecule has 2 amide bonds. The van der Waals surface area contributed by atoms with Crippen molar-refractivity contribution in [1.82, 2.24) is 9.80 Å². The van der Waals surface area contributed by atoms with E-state index in [9.17, 15) is 9.59 Å². The second-order valence-corrected chi connectivity index (χ2v) is 6.58. The first-order valence-electron chi connectivity index (χ1n) is 9.04. The van der Waals surface area contributed by atoms with Crippen LogP contribution in [0.1, 0.15) is 48.9 Å². The standard InChI is InChI=1S/C19H26N2O3/c22-18(20-11-5-1-2-6-12-20)15-24-17-10-4-3-9-16(17)19(23)21-13-7-8-14-21/h3-4,9-10H,1-2,5-8,11-15H2. The zero-order valence-electron chi connectivity index (χ0n) is 14.2. The lowest BCUT2D eigenvalue weighted by molar-refractivity contribution is -0.133. The van der Waals surface area contributed by atoms with Gasteiger partial charge in [0, 0.05) is 26.2 Å². The fourth-order valence-electron chi connectivity index (χ4n) is 3.41. The van der Waals surface area contributed by atoms with Crippen molar-refractivity contribution in [3.8, 4) is 5.75 Å². The van der Waals surface area contributed by atoms with Crippen molar-refractivity contribution in [3.05, 3.63) is 29.8 Å². The van der Waals surface area contributed by atoms with Crippen molar-refractivity contribution in [2.24, 2.45) is 0 Å². The minimum Gasteiger partial charge on any atom is -0.483 e. The summed E-state index contributed by atoms with van der Waals surface area (Å²) in [6.07, 6.45) is 6.63. The van der Waals surface area contributed by atoms with Crippen LogP contribution < -0.4 is 4.74 Å². The van der Waals surface area contributed by atoms with Crippen LogP contribution in [0.2, 0.25) is 0 Å². The van der Waals surface area contributed by atoms with Gasteiger partial charge in [-0.05, 0) is 37.8 Å². The Hall–Kier alpha value is -2.04. The maximum Gasteiger partial charge on any atom is 0.260 e. The highest BCUT2D eigenvalue weighted by Gasteiger charge is 2.23. The number of para-hydroxylation sites is 1. The lowest BCUT2D eigenvalue weighted by Crippen LogP contribution is -2.36. The third-order valence-electron chi connectivity index (χ3n) is 4.82. The fraction of sp³-hybridized carbons (Fsp3) is 0.579. The summed E-state index contributed by atoms with van der Waals surface area (Å²) in [4.78, 5) is 28.7. The lowest BCUT2D eigenvalue weighted by atomic mass is 10.2. The number of carbonyl (C=O) groups is 2. The van der Waals surface area contributed by atoms with Gasteiger partial charge in [0.05, 0.1) is 5.56 Å². The summed E-state index contributed by atoms with van der Waals surface area (Å²) < 4.78 is 5.73. The molecule has 2 fully saturated rings. The van der Waals surface area contributed by atoms with Crippen LogP contribution in [0.25, 0.3) is 0 Å². The van der Waals surface area contributed by atoms with E-state index in [-0.39, 0.29) is 18.4 Å². The minimum absolute atomic E-state index is 0.00426. The molecule has 5 heteroatoms. The first-order valence-corrected chi connectivity index (χ1v) is 9.04. The third-order valence-corrected chi connectivity index (χ3v) is 4.82. The van der Waals surface area contributed by atoms with Crippen molar-refractivity contribution < 1.29 is 14.3 Å². The predicted octanol–water partition coefficient (Wildman–Crippen LogP) is 2.70. The van der Waals surface area contributed by atoms with E-state index < -0.39 is 0 Å². The molecule has 0 N–H and O–H groups in total. The van der Waals surface area contributed by atoms with Crippen LogP contribution in [0, 0.1) is 0 Å². The molecule has 0 aliphatic carbocycles. The summed E-state index contributed by atoms with van der Waals surface area (Å²) >= 11 is 0. The van der Waals surface area contributed by atoms with Gasteiger partial charge in [-0.25, -0.2) is 0 Å². The van der Waals surface area contributed by atoms with Gasteiger partial charge in [-0.1, -0.05) is 25.0 Å². The summed E-state index contributed by atoms with van der Waals surface area (Å²) in [6, 6.07) is 7.24. The molecule has 0 atom stereocenters. The van der Waals surface area contributed by atoms with Crippen LogP contribution in [0.15, 0.2) is 24.3 Å². The van der Waals surface area contributed by atoms with Crippen LogP contribution in [0.5, 0.6) is 5.75 Å². The average Bonchev–Trinajstić information content (AvgIpc) is 3.01. The van der Waals surface area contributed by atoms with Gasteiger partial charge in [-0.2, -0.15) is 0 Å². The van der Waals surface area contributed by atoms with E-state index in [4.69, 9.17) is 4.74 Å². The van der Waals surface area contributed by atoms with Crippen molar-refractivity contribution in [2.45, 2.75) is 38.5 Å². The molecule has 5 nitrogen and oxygen atoms in total. The molecule has 0 unspecified atom stereocenters. The Kier molecular flexibility index (Phi) is 5.72. The SMILES string of the molecule is O=C(COc1ccccc1C(=O)N1CCCC1)N1CCCCCC1. The number of hydrogen-bond acceptors (Lipinski definition) is 3. The first kappa shape index (κ1) is 16.8. The molecule has 2 heterocycles. The number of nitrogens with zero attached hydrogens (tertiary/aromatic N) is 2. The summed E-state index contributed by atoms with van der Waals surface area (Å²) in [5.41, 5.74) is 0.558. The molecular formula is C19H26N2O3. The van der Waals surface area contributed by atoms with Gasteiger partial charge >= 0.3 is 0 Å². The van der Waals surface area contributed by atoms with Crippen molar-refractivity contribution in [3.63, 3.8) is 0 Å². The molecule has 0 aromatic heterocycles. The Morgan fingerprint density at radius 2 is 1.42 bits per heavy atom. The number of carbonyl (C=O) groups excluding carboxylic acids is 2. The molecule has 0 bridgehead atoms. The van der Waals surface area contributed by atoms with Crippen LogP contribution in [-0.2, 0) is 4.79 Å². The van der Waals surface area contributed by atoms with Gasteiger partial charge < -0.3 is 14.5 Å². The van der Waals surface area contributed by atoms with Gasteiger partial charge in [0.15, 0.2) is 6.61 Å². The normalized spacial score (nSPS) is 18.3. The Bertz CT molecular complexity index is 574. The van der Waals surface area contributed by atoms with Crippen molar-refractivity contribution >= 4 is 11.8 Å². The maximum absolute atomic E-state index is 12.6. The van der Waals surface area contributed by atoms with E-state index in [1.54, 1.807) is 12.1 Å². The number of rotatable bonds is 4. The average molecular weight is 330 g/mol. The second-order valence-electron chi connectivity index (χ2n) is 6.58. The van der Waals surface area contributed by atoms with Crippen molar-refractivity contribution in [1.29, 1.82) is 0 Å². The Morgan fingerprint density at radius 3 is 2.12 bits per heavy atom. The lowest BCUT2D eigenvalue weighted by Gasteiger charge is -2.21. The summed E-state index contributed by atoms with van der Waals surface area (Å²) in [6.45, 7) is 3.25. The van der Waals surface area contributed by atoms with Gasteiger partial charge in [-0.15, -0.1) is 0 Å². The molecule has 3 rings (SSSR count). The van der Waals surface area contributed by atoms with Crippen LogP contribution in [0.3, 0.4) is 0 Å². The predicted molar refractivity (Wildman–Crippen MR) is 92.1 cm³/mol. The van der Waals surface area contributed by atoms with Gasteiger partial charge in [0.1, 0.15) is 5.75 Å². The zero-order valence-corrected chi connectivity index (χ0v) is 14.2. The van der Waals surface area contributed by atoms with Gasteiger partial charge in [0.25, 0.3) is 11.8 Å². The number of likely N-dealkylation sites (tertiary alicyclic amines) is 2. The number of ether oxygens (including phenoxy) is 1. The summed E-state index contributed by atoms with van der Waals surface area (Å²) in [5.74, 6) is 0.531. The maximum atomic E-state index is 12.6. The smallest absolute Gasteiger partial charge is 0.260 e. The van der Waals surface area contributed by atoms with E-state index in [1.165, 1.54) is 12.8 Å². The largest absolute Gasteiger partial charge is 0.483 e. The molecule has 2 aliphatic rings. The number of benzene rings is 1. The molecule has 24 heavy (non-hydrogen) atoms. The molecule has 1 aromatic carbocycles. The van der Waals surface area contributed by atoms with Crippen LogP contribution in [0.4, 0.5) is 0 Å². The van der Waals surface area contributed by atoms with E-state index in [0.29, 0.717) is 11.3 Å². The second kappa shape index (κ2) is 8.18. The third kappa shape index (κ3) is 4.08. The van der Waals surface area contributed by atoms with E-state index in [0.717, 1.165) is 51.9 Å². The fourth-order valence-corrected chi connectivity index (χ4v) is 3.41. The highest BCUT2D eigenvalue weighted by molar-refractivity contribution is 5.97. The molecule has 0 spiro atoms. The summed E-state index contributed by atoms with van der Waals surface area (Å²) in [7, 11) is 0. The van der Waals surface area contributed by atoms with Gasteiger partial charge in [0.2, 0.25) is 0 Å². The first-order chi connectivity index (χ1) is 11.8. The number of amides is 2. The molecule has 130 valence electrons. The topological polar surface area (TPSA) is 49.9 Å².